The Morgan fingerprint density at radius 2 is 1.65 bits per heavy atom. The van der Waals surface area contributed by atoms with Gasteiger partial charge in [0.1, 0.15) is 18.0 Å². The molecule has 10 heteroatoms. The molecule has 3 aromatic rings. The summed E-state index contributed by atoms with van der Waals surface area (Å²) in [5.41, 5.74) is 0.875. The van der Waals surface area contributed by atoms with Crippen LogP contribution in [0, 0.1) is 0 Å². The molecule has 1 atom stereocenters. The Bertz CT molecular complexity index is 1320. The number of carbonyl (C=O) groups excluding carboxylic acids is 2. The van der Waals surface area contributed by atoms with Crippen LogP contribution in [0.2, 0.25) is 0 Å². The first-order valence-corrected chi connectivity index (χ1v) is 13.7. The molecule has 0 aliphatic carbocycles. The van der Waals surface area contributed by atoms with Crippen LogP contribution in [0.1, 0.15) is 23.2 Å². The zero-order valence-electron chi connectivity index (χ0n) is 20.4. The molecule has 0 radical (unpaired) electrons. The molecule has 1 fully saturated rings. The number of hydrogen-bond acceptors (Lipinski definition) is 6. The van der Waals surface area contributed by atoms with Gasteiger partial charge < -0.3 is 20.1 Å². The van der Waals surface area contributed by atoms with E-state index < -0.39 is 22.5 Å². The Kier molecular flexibility index (Phi) is 8.42. The van der Waals surface area contributed by atoms with Crippen molar-refractivity contribution in [3.05, 3.63) is 84.4 Å². The van der Waals surface area contributed by atoms with E-state index in [4.69, 9.17) is 9.47 Å². The lowest BCUT2D eigenvalue weighted by Gasteiger charge is -2.22. The van der Waals surface area contributed by atoms with Gasteiger partial charge >= 0.3 is 0 Å². The number of amides is 2. The first kappa shape index (κ1) is 26.2. The smallest absolute Gasteiger partial charge is 0.253 e. The highest BCUT2D eigenvalue weighted by atomic mass is 32.2. The van der Waals surface area contributed by atoms with Gasteiger partial charge in [-0.1, -0.05) is 30.3 Å². The van der Waals surface area contributed by atoms with Gasteiger partial charge in [0, 0.05) is 13.2 Å². The molecule has 1 aliphatic rings. The summed E-state index contributed by atoms with van der Waals surface area (Å²) in [4.78, 5) is 25.6. The number of sulfonamides is 1. The maximum atomic E-state index is 12.9. The second-order valence-corrected chi connectivity index (χ2v) is 10.5. The van der Waals surface area contributed by atoms with Crippen LogP contribution in [0.5, 0.6) is 11.5 Å². The van der Waals surface area contributed by atoms with Gasteiger partial charge in [-0.3, -0.25) is 13.9 Å². The zero-order valence-corrected chi connectivity index (χ0v) is 21.2. The number of rotatable bonds is 10. The molecule has 194 valence electrons. The van der Waals surface area contributed by atoms with Gasteiger partial charge in [0.15, 0.2) is 0 Å². The first-order valence-electron chi connectivity index (χ1n) is 11.9. The molecule has 0 unspecified atom stereocenters. The third kappa shape index (κ3) is 7.31. The summed E-state index contributed by atoms with van der Waals surface area (Å²) in [6.45, 7) is 0.601. The number of benzene rings is 3. The Morgan fingerprint density at radius 1 is 0.973 bits per heavy atom. The topological polar surface area (TPSA) is 114 Å². The molecule has 2 N–H and O–H groups in total. The molecule has 0 bridgehead atoms. The molecule has 1 saturated heterocycles. The van der Waals surface area contributed by atoms with Crippen molar-refractivity contribution in [1.29, 1.82) is 0 Å². The van der Waals surface area contributed by atoms with Crippen LogP contribution in [-0.4, -0.2) is 52.3 Å². The minimum absolute atomic E-state index is 0.0153. The summed E-state index contributed by atoms with van der Waals surface area (Å²) in [5.74, 6) is 0.235. The summed E-state index contributed by atoms with van der Waals surface area (Å²) < 4.78 is 37.3. The lowest BCUT2D eigenvalue weighted by molar-refractivity contribution is -0.114. The van der Waals surface area contributed by atoms with Crippen LogP contribution in [0.3, 0.4) is 0 Å². The first-order chi connectivity index (χ1) is 17.8. The van der Waals surface area contributed by atoms with Crippen molar-refractivity contribution in [1.82, 2.24) is 5.32 Å². The summed E-state index contributed by atoms with van der Waals surface area (Å²) in [6.07, 6.45) is 2.87. The Morgan fingerprint density at radius 3 is 2.32 bits per heavy atom. The number of nitrogens with zero attached hydrogens (tertiary/aromatic N) is 1. The number of anilines is 2. The Balaban J connectivity index is 1.43. The van der Waals surface area contributed by atoms with E-state index in [-0.39, 0.29) is 23.3 Å². The van der Waals surface area contributed by atoms with Crippen molar-refractivity contribution in [2.45, 2.75) is 18.9 Å². The van der Waals surface area contributed by atoms with Crippen molar-refractivity contribution >= 4 is 33.2 Å². The molecule has 1 aliphatic heterocycles. The van der Waals surface area contributed by atoms with Gasteiger partial charge in [0.2, 0.25) is 15.9 Å². The number of nitrogens with one attached hydrogen (secondary N) is 2. The molecule has 0 aromatic heterocycles. The van der Waals surface area contributed by atoms with Crippen LogP contribution >= 0.6 is 0 Å². The van der Waals surface area contributed by atoms with E-state index in [1.165, 1.54) is 0 Å². The second kappa shape index (κ2) is 11.9. The lowest BCUT2D eigenvalue weighted by atomic mass is 10.1. The van der Waals surface area contributed by atoms with Crippen molar-refractivity contribution in [3.63, 3.8) is 0 Å². The second-order valence-electron chi connectivity index (χ2n) is 8.62. The van der Waals surface area contributed by atoms with E-state index in [0.29, 0.717) is 30.3 Å². The largest absolute Gasteiger partial charge is 0.457 e. The fraction of sp³-hybridized carbons (Fsp3) is 0.259. The van der Waals surface area contributed by atoms with Crippen molar-refractivity contribution in [3.8, 4) is 11.5 Å². The van der Waals surface area contributed by atoms with E-state index in [2.05, 4.69) is 10.6 Å². The number of ether oxygens (including phenoxy) is 2. The van der Waals surface area contributed by atoms with Crippen molar-refractivity contribution in [2.24, 2.45) is 0 Å². The fourth-order valence-electron chi connectivity index (χ4n) is 3.92. The van der Waals surface area contributed by atoms with E-state index in [0.717, 1.165) is 23.4 Å². The van der Waals surface area contributed by atoms with E-state index in [1.807, 2.05) is 30.3 Å². The third-order valence-electron chi connectivity index (χ3n) is 5.75. The number of carbonyl (C=O) groups is 2. The highest BCUT2D eigenvalue weighted by Gasteiger charge is 2.23. The molecular weight excluding hydrogens is 494 g/mol. The lowest BCUT2D eigenvalue weighted by Crippen LogP contribution is -2.38. The molecule has 1 heterocycles. The Hall–Kier alpha value is -3.89. The normalized spacial score (nSPS) is 15.1. The van der Waals surface area contributed by atoms with Gasteiger partial charge in [0.25, 0.3) is 5.91 Å². The third-order valence-corrected chi connectivity index (χ3v) is 6.89. The van der Waals surface area contributed by atoms with Crippen LogP contribution in [0.25, 0.3) is 0 Å². The summed E-state index contributed by atoms with van der Waals surface area (Å²) in [7, 11) is -3.78. The van der Waals surface area contributed by atoms with Crippen LogP contribution < -0.4 is 19.7 Å². The molecule has 4 rings (SSSR count). The summed E-state index contributed by atoms with van der Waals surface area (Å²) in [5, 5.41) is 5.51. The predicted octanol–water partition coefficient (Wildman–Crippen LogP) is 3.79. The quantitative estimate of drug-likeness (QED) is 0.418. The van der Waals surface area contributed by atoms with E-state index >= 15 is 0 Å². The van der Waals surface area contributed by atoms with E-state index in [1.54, 1.807) is 48.5 Å². The summed E-state index contributed by atoms with van der Waals surface area (Å²) in [6, 6.07) is 22.2. The van der Waals surface area contributed by atoms with Gasteiger partial charge in [-0.05, 0) is 61.4 Å². The SMILES string of the molecule is CS(=O)(=O)N(CC(=O)Nc1ccccc1C(=O)NC[C@@H]1CCCO1)c1ccc(Oc2ccccc2)cc1. The van der Waals surface area contributed by atoms with Crippen LogP contribution in [-0.2, 0) is 19.6 Å². The van der Waals surface area contributed by atoms with Gasteiger partial charge in [-0.15, -0.1) is 0 Å². The van der Waals surface area contributed by atoms with Crippen molar-refractivity contribution in [2.75, 3.05) is 35.6 Å². The summed E-state index contributed by atoms with van der Waals surface area (Å²) >= 11 is 0. The Labute approximate surface area is 216 Å². The minimum Gasteiger partial charge on any atom is -0.457 e. The van der Waals surface area contributed by atoms with Gasteiger partial charge in [0.05, 0.1) is 29.3 Å². The average Bonchev–Trinajstić information content (AvgIpc) is 3.41. The molecule has 9 nitrogen and oxygen atoms in total. The van der Waals surface area contributed by atoms with Crippen LogP contribution in [0.4, 0.5) is 11.4 Å². The number of hydrogen-bond donors (Lipinski definition) is 2. The molecule has 3 aromatic carbocycles. The molecule has 0 saturated carbocycles. The molecule has 37 heavy (non-hydrogen) atoms. The molecule has 0 spiro atoms. The molecular formula is C27H29N3O6S. The van der Waals surface area contributed by atoms with Crippen molar-refractivity contribution < 1.29 is 27.5 Å². The van der Waals surface area contributed by atoms with Gasteiger partial charge in [-0.2, -0.15) is 0 Å². The maximum absolute atomic E-state index is 12.9. The standard InChI is InChI=1S/C27H29N3O6S/c1-37(33,34)30(20-13-15-22(16-14-20)36-21-8-3-2-4-9-21)19-26(31)29-25-12-6-5-11-24(25)27(32)28-18-23-10-7-17-35-23/h2-6,8-9,11-16,23H,7,10,17-19H2,1H3,(H,28,32)(H,29,31)/t23-/m0/s1. The van der Waals surface area contributed by atoms with Crippen LogP contribution in [0.15, 0.2) is 78.9 Å². The highest BCUT2D eigenvalue weighted by Crippen LogP contribution is 2.26. The fourth-order valence-corrected chi connectivity index (χ4v) is 4.78. The highest BCUT2D eigenvalue weighted by molar-refractivity contribution is 7.92. The van der Waals surface area contributed by atoms with Gasteiger partial charge in [-0.25, -0.2) is 8.42 Å². The molecule has 2 amide bonds. The maximum Gasteiger partial charge on any atom is 0.253 e. The minimum atomic E-state index is -3.78. The van der Waals surface area contributed by atoms with E-state index in [9.17, 15) is 18.0 Å². The number of para-hydroxylation sites is 2. The predicted molar refractivity (Wildman–Crippen MR) is 142 cm³/mol. The average molecular weight is 524 g/mol. The monoisotopic (exact) mass is 523 g/mol. The zero-order chi connectivity index (χ0) is 26.3.